The van der Waals surface area contributed by atoms with Crippen molar-refractivity contribution in [1.82, 2.24) is 19.7 Å². The average Bonchev–Trinajstić information content (AvgIpc) is 3.05. The first kappa shape index (κ1) is 17.0. The molecule has 2 aromatic heterocycles. The van der Waals surface area contributed by atoms with E-state index in [9.17, 15) is 0 Å². The fraction of sp³-hybridized carbons (Fsp3) is 0.562. The summed E-state index contributed by atoms with van der Waals surface area (Å²) in [5, 5.41) is 5.43. The summed E-state index contributed by atoms with van der Waals surface area (Å²) in [5.74, 6) is 1.43. The second-order valence-corrected chi connectivity index (χ2v) is 7.88. The molecular formula is C16H21ClIN5. The Labute approximate surface area is 155 Å². The Balaban J connectivity index is 1.94. The third kappa shape index (κ3) is 3.47. The van der Waals surface area contributed by atoms with E-state index in [0.717, 1.165) is 51.9 Å². The van der Waals surface area contributed by atoms with Gasteiger partial charge in [-0.15, -0.1) is 0 Å². The van der Waals surface area contributed by atoms with Crippen molar-refractivity contribution in [3.05, 3.63) is 32.5 Å². The summed E-state index contributed by atoms with van der Waals surface area (Å²) >= 11 is 8.84. The smallest absolute Gasteiger partial charge is 0.147 e. The van der Waals surface area contributed by atoms with E-state index in [0.29, 0.717) is 5.92 Å². The van der Waals surface area contributed by atoms with Crippen LogP contribution in [0, 0.1) is 16.5 Å². The largest absolute Gasteiger partial charge is 0.348 e. The molecule has 1 aliphatic rings. The predicted octanol–water partition coefficient (Wildman–Crippen LogP) is 4.24. The number of nitrogens with zero attached hydrogens (tertiary/aromatic N) is 5. The monoisotopic (exact) mass is 445 g/mol. The molecular weight excluding hydrogens is 425 g/mol. The second-order valence-electron chi connectivity index (χ2n) is 6.41. The van der Waals surface area contributed by atoms with Crippen LogP contribution in [0.1, 0.15) is 44.0 Å². The molecule has 1 saturated heterocycles. The van der Waals surface area contributed by atoms with Gasteiger partial charge in [-0.05, 0) is 48.3 Å². The maximum atomic E-state index is 6.67. The van der Waals surface area contributed by atoms with Gasteiger partial charge in [0, 0.05) is 18.7 Å². The van der Waals surface area contributed by atoms with Crippen molar-refractivity contribution < 1.29 is 0 Å². The normalized spacial score (nSPS) is 18.2. The SMILES string of the molecule is Cc1nn(CC(C)C)c(Cl)c1C1CCCN1c1cnc(I)cn1. The lowest BCUT2D eigenvalue weighted by Gasteiger charge is -2.25. The molecule has 2 aromatic rings. The van der Waals surface area contributed by atoms with Gasteiger partial charge in [-0.25, -0.2) is 9.97 Å². The van der Waals surface area contributed by atoms with E-state index in [-0.39, 0.29) is 6.04 Å². The summed E-state index contributed by atoms with van der Waals surface area (Å²) < 4.78 is 2.84. The van der Waals surface area contributed by atoms with Crippen molar-refractivity contribution >= 4 is 40.0 Å². The summed E-state index contributed by atoms with van der Waals surface area (Å²) in [5.41, 5.74) is 2.16. The van der Waals surface area contributed by atoms with E-state index in [1.54, 1.807) is 0 Å². The molecule has 5 nitrogen and oxygen atoms in total. The Morgan fingerprint density at radius 2 is 2.13 bits per heavy atom. The van der Waals surface area contributed by atoms with E-state index < -0.39 is 0 Å². The second kappa shape index (κ2) is 6.93. The summed E-state index contributed by atoms with van der Waals surface area (Å²) in [6.45, 7) is 8.22. The van der Waals surface area contributed by atoms with Gasteiger partial charge < -0.3 is 4.90 Å². The highest BCUT2D eigenvalue weighted by Crippen LogP contribution is 2.39. The Hall–Kier alpha value is -0.890. The van der Waals surface area contributed by atoms with Crippen molar-refractivity contribution in [2.75, 3.05) is 11.4 Å². The van der Waals surface area contributed by atoms with Crippen molar-refractivity contribution in [1.29, 1.82) is 0 Å². The molecule has 23 heavy (non-hydrogen) atoms. The highest BCUT2D eigenvalue weighted by molar-refractivity contribution is 14.1. The van der Waals surface area contributed by atoms with Gasteiger partial charge in [0.2, 0.25) is 0 Å². The zero-order valence-corrected chi connectivity index (χ0v) is 16.5. The van der Waals surface area contributed by atoms with Crippen LogP contribution in [0.3, 0.4) is 0 Å². The molecule has 0 saturated carbocycles. The Kier molecular flexibility index (Phi) is 5.10. The van der Waals surface area contributed by atoms with Gasteiger partial charge in [0.25, 0.3) is 0 Å². The molecule has 1 unspecified atom stereocenters. The topological polar surface area (TPSA) is 46.8 Å². The van der Waals surface area contributed by atoms with Crippen LogP contribution in [-0.2, 0) is 6.54 Å². The van der Waals surface area contributed by atoms with Crippen LogP contribution in [0.4, 0.5) is 5.82 Å². The van der Waals surface area contributed by atoms with Crippen molar-refractivity contribution in [3.8, 4) is 0 Å². The quantitative estimate of drug-likeness (QED) is 0.661. The van der Waals surface area contributed by atoms with Gasteiger partial charge in [0.1, 0.15) is 14.7 Å². The molecule has 124 valence electrons. The van der Waals surface area contributed by atoms with E-state index in [1.165, 1.54) is 0 Å². The zero-order chi connectivity index (χ0) is 16.6. The molecule has 0 aromatic carbocycles. The highest BCUT2D eigenvalue weighted by atomic mass is 127. The number of hydrogen-bond acceptors (Lipinski definition) is 4. The maximum Gasteiger partial charge on any atom is 0.147 e. The van der Waals surface area contributed by atoms with Gasteiger partial charge >= 0.3 is 0 Å². The minimum atomic E-state index is 0.234. The number of aryl methyl sites for hydroxylation is 1. The number of halogens is 2. The Bertz CT molecular complexity index is 683. The predicted molar refractivity (Wildman–Crippen MR) is 101 cm³/mol. The molecule has 0 spiro atoms. The molecule has 0 radical (unpaired) electrons. The molecule has 7 heteroatoms. The summed E-state index contributed by atoms with van der Waals surface area (Å²) in [7, 11) is 0. The number of rotatable bonds is 4. The highest BCUT2D eigenvalue weighted by Gasteiger charge is 2.32. The van der Waals surface area contributed by atoms with Gasteiger partial charge in [0.05, 0.1) is 24.1 Å². The summed E-state index contributed by atoms with van der Waals surface area (Å²) in [6.07, 6.45) is 5.86. The minimum absolute atomic E-state index is 0.234. The molecule has 1 fully saturated rings. The standard InChI is InChI=1S/C16H21ClIN5/c1-10(2)9-23-16(17)15(11(3)21-23)12-5-4-6-22(12)14-8-19-13(18)7-20-14/h7-8,10,12H,4-6,9H2,1-3H3. The van der Waals surface area contributed by atoms with Crippen LogP contribution in [0.2, 0.25) is 5.15 Å². The number of hydrogen-bond donors (Lipinski definition) is 0. The maximum absolute atomic E-state index is 6.67. The van der Waals surface area contributed by atoms with Crippen LogP contribution in [0.5, 0.6) is 0 Å². The zero-order valence-electron chi connectivity index (χ0n) is 13.6. The molecule has 1 atom stereocenters. The van der Waals surface area contributed by atoms with Crippen LogP contribution in [0.15, 0.2) is 12.4 Å². The van der Waals surface area contributed by atoms with E-state index in [1.807, 2.05) is 24.0 Å². The van der Waals surface area contributed by atoms with Crippen LogP contribution >= 0.6 is 34.2 Å². The molecule has 3 rings (SSSR count). The van der Waals surface area contributed by atoms with Crippen LogP contribution < -0.4 is 4.90 Å². The molecule has 0 amide bonds. The van der Waals surface area contributed by atoms with E-state index >= 15 is 0 Å². The first-order valence-corrected chi connectivity index (χ1v) is 9.40. The first-order chi connectivity index (χ1) is 11.0. The Morgan fingerprint density at radius 3 is 2.78 bits per heavy atom. The van der Waals surface area contributed by atoms with Gasteiger partial charge in [-0.2, -0.15) is 5.10 Å². The van der Waals surface area contributed by atoms with Gasteiger partial charge in [-0.1, -0.05) is 25.4 Å². The van der Waals surface area contributed by atoms with Gasteiger partial charge in [-0.3, -0.25) is 4.68 Å². The molecule has 0 N–H and O–H groups in total. The lowest BCUT2D eigenvalue weighted by Crippen LogP contribution is -2.24. The fourth-order valence-corrected chi connectivity index (χ4v) is 3.86. The van der Waals surface area contributed by atoms with Crippen molar-refractivity contribution in [3.63, 3.8) is 0 Å². The average molecular weight is 446 g/mol. The van der Waals surface area contributed by atoms with E-state index in [2.05, 4.69) is 56.4 Å². The third-order valence-electron chi connectivity index (χ3n) is 4.13. The fourth-order valence-electron chi connectivity index (χ4n) is 3.21. The first-order valence-electron chi connectivity index (χ1n) is 7.94. The number of anilines is 1. The lowest BCUT2D eigenvalue weighted by atomic mass is 10.1. The molecule has 3 heterocycles. The number of aromatic nitrogens is 4. The lowest BCUT2D eigenvalue weighted by molar-refractivity contribution is 0.481. The molecule has 1 aliphatic heterocycles. The molecule has 0 aliphatic carbocycles. The van der Waals surface area contributed by atoms with Crippen molar-refractivity contribution in [2.45, 2.75) is 46.2 Å². The van der Waals surface area contributed by atoms with E-state index in [4.69, 9.17) is 11.6 Å². The molecule has 0 bridgehead atoms. The Morgan fingerprint density at radius 1 is 1.35 bits per heavy atom. The van der Waals surface area contributed by atoms with Crippen LogP contribution in [0.25, 0.3) is 0 Å². The van der Waals surface area contributed by atoms with Crippen LogP contribution in [-0.4, -0.2) is 26.3 Å². The van der Waals surface area contributed by atoms with Gasteiger partial charge in [0.15, 0.2) is 0 Å². The minimum Gasteiger partial charge on any atom is -0.348 e. The van der Waals surface area contributed by atoms with Crippen molar-refractivity contribution in [2.24, 2.45) is 5.92 Å². The summed E-state index contributed by atoms with van der Waals surface area (Å²) in [6, 6.07) is 0.234. The summed E-state index contributed by atoms with van der Waals surface area (Å²) in [4.78, 5) is 11.2. The third-order valence-corrected chi connectivity index (χ3v) is 5.09.